The van der Waals surface area contributed by atoms with E-state index in [9.17, 15) is 9.59 Å². The molecular formula is C19H24O6. The van der Waals surface area contributed by atoms with Gasteiger partial charge in [-0.15, -0.1) is 0 Å². The predicted octanol–water partition coefficient (Wildman–Crippen LogP) is 2.62. The number of hydrogen-bond acceptors (Lipinski definition) is 6. The maximum atomic E-state index is 12.5. The highest BCUT2D eigenvalue weighted by Gasteiger charge is 2.67. The number of fused-ring (bicyclic) bond motifs is 1. The number of esters is 2. The highest BCUT2D eigenvalue weighted by molar-refractivity contribution is 5.93. The third kappa shape index (κ3) is 2.88. The Kier molecular flexibility index (Phi) is 4.06. The summed E-state index contributed by atoms with van der Waals surface area (Å²) in [5.41, 5.74) is -0.362. The van der Waals surface area contributed by atoms with Crippen LogP contribution < -0.4 is 4.74 Å². The quantitative estimate of drug-likeness (QED) is 0.779. The van der Waals surface area contributed by atoms with Crippen molar-refractivity contribution in [2.75, 3.05) is 20.8 Å². The van der Waals surface area contributed by atoms with Gasteiger partial charge < -0.3 is 18.9 Å². The number of ether oxygens (including phenoxy) is 4. The summed E-state index contributed by atoms with van der Waals surface area (Å²) in [5.74, 6) is -0.298. The van der Waals surface area contributed by atoms with Crippen LogP contribution in [0.3, 0.4) is 0 Å². The van der Waals surface area contributed by atoms with E-state index in [2.05, 4.69) is 0 Å². The van der Waals surface area contributed by atoms with Crippen molar-refractivity contribution >= 4 is 11.9 Å². The maximum Gasteiger partial charge on any atom is 0.342 e. The normalized spacial score (nSPS) is 27.4. The molecule has 0 atom stereocenters. The van der Waals surface area contributed by atoms with Gasteiger partial charge in [-0.2, -0.15) is 0 Å². The van der Waals surface area contributed by atoms with Crippen LogP contribution in [-0.2, 0) is 24.4 Å². The van der Waals surface area contributed by atoms with Crippen LogP contribution in [0, 0.1) is 0 Å². The lowest BCUT2D eigenvalue weighted by molar-refractivity contribution is -0.166. The van der Waals surface area contributed by atoms with Gasteiger partial charge >= 0.3 is 11.9 Å². The van der Waals surface area contributed by atoms with Crippen LogP contribution in [0.5, 0.6) is 5.75 Å². The highest BCUT2D eigenvalue weighted by Crippen LogP contribution is 2.59. The molecule has 0 N–H and O–H groups in total. The minimum absolute atomic E-state index is 0.267. The van der Waals surface area contributed by atoms with Gasteiger partial charge in [-0.1, -0.05) is 6.07 Å². The van der Waals surface area contributed by atoms with Crippen molar-refractivity contribution in [3.05, 3.63) is 29.3 Å². The fraction of sp³-hybridized carbons (Fsp3) is 0.579. The van der Waals surface area contributed by atoms with E-state index in [0.29, 0.717) is 30.8 Å². The lowest BCUT2D eigenvalue weighted by Crippen LogP contribution is -2.52. The molecule has 3 aliphatic rings. The molecule has 0 radical (unpaired) electrons. The molecule has 2 aliphatic heterocycles. The third-order valence-electron chi connectivity index (χ3n) is 4.86. The lowest BCUT2D eigenvalue weighted by Gasteiger charge is -2.42. The predicted molar refractivity (Wildman–Crippen MR) is 89.8 cm³/mol. The molecule has 3 fully saturated rings. The second-order valence-electron chi connectivity index (χ2n) is 7.83. The van der Waals surface area contributed by atoms with Gasteiger partial charge in [0.1, 0.15) is 16.9 Å². The average Bonchev–Trinajstić information content (AvgIpc) is 3.09. The fourth-order valence-corrected chi connectivity index (χ4v) is 3.73. The highest BCUT2D eigenvalue weighted by atomic mass is 16.6. The van der Waals surface area contributed by atoms with Crippen molar-refractivity contribution in [1.82, 2.24) is 0 Å². The minimum Gasteiger partial charge on any atom is -0.496 e. The lowest BCUT2D eigenvalue weighted by atomic mass is 9.59. The second kappa shape index (κ2) is 5.73. The summed E-state index contributed by atoms with van der Waals surface area (Å²) in [6, 6.07) is 5.48. The van der Waals surface area contributed by atoms with Gasteiger partial charge in [-0.3, -0.25) is 0 Å². The number of carbonyl (C=O) groups excluding carboxylic acids is 2. The Bertz CT molecular complexity index is 709. The number of rotatable bonds is 4. The van der Waals surface area contributed by atoms with Gasteiger partial charge in [0.2, 0.25) is 0 Å². The minimum atomic E-state index is -0.833. The van der Waals surface area contributed by atoms with Crippen LogP contribution >= 0.6 is 0 Å². The zero-order valence-corrected chi connectivity index (χ0v) is 15.3. The van der Waals surface area contributed by atoms with Gasteiger partial charge in [-0.25, -0.2) is 9.59 Å². The molecule has 136 valence electrons. The number of benzene rings is 1. The SMILES string of the molecule is COC(=O)C12CC(c3ccc(OC)c(C(=O)OC(C)(C)C)c3)(CO1)C2. The van der Waals surface area contributed by atoms with E-state index in [0.717, 1.165) is 5.56 Å². The van der Waals surface area contributed by atoms with Gasteiger partial charge in [0.25, 0.3) is 0 Å². The molecule has 0 amide bonds. The summed E-state index contributed by atoms with van der Waals surface area (Å²) >= 11 is 0. The van der Waals surface area contributed by atoms with Gasteiger partial charge in [-0.05, 0) is 51.3 Å². The average molecular weight is 348 g/mol. The van der Waals surface area contributed by atoms with E-state index >= 15 is 0 Å². The Hall–Kier alpha value is -2.08. The van der Waals surface area contributed by atoms with Crippen LogP contribution in [0.1, 0.15) is 49.5 Å². The first kappa shape index (κ1) is 17.7. The molecule has 0 spiro atoms. The van der Waals surface area contributed by atoms with E-state index in [-0.39, 0.29) is 11.4 Å². The molecule has 1 aromatic carbocycles. The van der Waals surface area contributed by atoms with E-state index in [1.54, 1.807) is 12.1 Å². The van der Waals surface area contributed by atoms with Crippen LogP contribution in [0.15, 0.2) is 18.2 Å². The Morgan fingerprint density at radius 3 is 2.40 bits per heavy atom. The summed E-state index contributed by atoms with van der Waals surface area (Å²) in [6.07, 6.45) is 1.12. The summed E-state index contributed by atoms with van der Waals surface area (Å²) < 4.78 is 21.4. The smallest absolute Gasteiger partial charge is 0.342 e. The van der Waals surface area contributed by atoms with E-state index in [4.69, 9.17) is 18.9 Å². The number of hydrogen-bond donors (Lipinski definition) is 0. The second-order valence-corrected chi connectivity index (χ2v) is 7.83. The van der Waals surface area contributed by atoms with Gasteiger partial charge in [0.15, 0.2) is 5.60 Å². The van der Waals surface area contributed by atoms with Crippen molar-refractivity contribution in [3.8, 4) is 5.75 Å². The summed E-state index contributed by atoms with van der Waals surface area (Å²) in [4.78, 5) is 24.5. The van der Waals surface area contributed by atoms with Crippen molar-refractivity contribution in [1.29, 1.82) is 0 Å². The van der Waals surface area contributed by atoms with E-state index in [1.807, 2.05) is 26.8 Å². The molecule has 2 heterocycles. The molecular weight excluding hydrogens is 324 g/mol. The number of carbonyl (C=O) groups is 2. The first-order valence-corrected chi connectivity index (χ1v) is 8.29. The molecule has 1 aliphatic carbocycles. The first-order valence-electron chi connectivity index (χ1n) is 8.29. The van der Waals surface area contributed by atoms with Crippen molar-refractivity contribution in [3.63, 3.8) is 0 Å². The van der Waals surface area contributed by atoms with Gasteiger partial charge in [0, 0.05) is 5.41 Å². The zero-order valence-electron chi connectivity index (χ0n) is 15.3. The molecule has 0 aromatic heterocycles. The fourth-order valence-electron chi connectivity index (χ4n) is 3.73. The van der Waals surface area contributed by atoms with Crippen LogP contribution in [0.25, 0.3) is 0 Å². The molecule has 2 saturated heterocycles. The largest absolute Gasteiger partial charge is 0.496 e. The Morgan fingerprint density at radius 1 is 1.16 bits per heavy atom. The molecule has 1 saturated carbocycles. The Morgan fingerprint density at radius 2 is 1.84 bits per heavy atom. The first-order chi connectivity index (χ1) is 11.6. The Balaban J connectivity index is 1.89. The van der Waals surface area contributed by atoms with Crippen LogP contribution in [0.2, 0.25) is 0 Å². The molecule has 6 nitrogen and oxygen atoms in total. The standard InChI is InChI=1S/C19H24O6/c1-17(2,3)25-15(20)13-8-12(6-7-14(13)22-4)18-9-19(10-18,24-11-18)16(21)23-5/h6-8H,9-11H2,1-5H3. The molecule has 4 rings (SSSR count). The zero-order chi connectivity index (χ0) is 18.5. The monoisotopic (exact) mass is 348 g/mol. The molecule has 25 heavy (non-hydrogen) atoms. The molecule has 1 aromatic rings. The molecule has 2 bridgehead atoms. The van der Waals surface area contributed by atoms with Crippen molar-refractivity contribution in [2.45, 2.75) is 50.2 Å². The van der Waals surface area contributed by atoms with Crippen LogP contribution in [0.4, 0.5) is 0 Å². The topological polar surface area (TPSA) is 71.1 Å². The molecule has 6 heteroatoms. The summed E-state index contributed by atoms with van der Waals surface area (Å²) in [7, 11) is 2.89. The Labute approximate surface area is 147 Å². The van der Waals surface area contributed by atoms with E-state index in [1.165, 1.54) is 14.2 Å². The van der Waals surface area contributed by atoms with Crippen molar-refractivity contribution in [2.24, 2.45) is 0 Å². The molecule has 0 unspecified atom stereocenters. The van der Waals surface area contributed by atoms with Crippen molar-refractivity contribution < 1.29 is 28.5 Å². The maximum absolute atomic E-state index is 12.5. The number of methoxy groups -OCH3 is 2. The summed E-state index contributed by atoms with van der Waals surface area (Å²) in [6.45, 7) is 5.90. The van der Waals surface area contributed by atoms with Gasteiger partial charge in [0.05, 0.1) is 20.8 Å². The van der Waals surface area contributed by atoms with E-state index < -0.39 is 17.2 Å². The third-order valence-corrected chi connectivity index (χ3v) is 4.86. The summed E-state index contributed by atoms with van der Waals surface area (Å²) in [5, 5.41) is 0. The van der Waals surface area contributed by atoms with Crippen LogP contribution in [-0.4, -0.2) is 44.0 Å².